The van der Waals surface area contributed by atoms with Gasteiger partial charge in [0, 0.05) is 44.8 Å². The first-order chi connectivity index (χ1) is 13.3. The van der Waals surface area contributed by atoms with Gasteiger partial charge in [-0.15, -0.1) is 24.0 Å². The van der Waals surface area contributed by atoms with Crippen LogP contribution in [0.5, 0.6) is 0 Å². The van der Waals surface area contributed by atoms with Gasteiger partial charge in [-0.05, 0) is 30.7 Å². The van der Waals surface area contributed by atoms with E-state index in [1.807, 2.05) is 25.2 Å². The normalized spacial score (nSPS) is 16.8. The van der Waals surface area contributed by atoms with E-state index in [2.05, 4.69) is 66.9 Å². The van der Waals surface area contributed by atoms with E-state index in [9.17, 15) is 0 Å². The van der Waals surface area contributed by atoms with Crippen LogP contribution in [0.15, 0.2) is 59.6 Å². The summed E-state index contributed by atoms with van der Waals surface area (Å²) in [5.74, 6) is 1.85. The molecule has 0 bridgehead atoms. The molecule has 1 saturated heterocycles. The number of anilines is 1. The lowest BCUT2D eigenvalue weighted by Gasteiger charge is -2.20. The number of aromatic nitrogens is 2. The third kappa shape index (κ3) is 4.95. The molecule has 0 aliphatic carbocycles. The molecule has 1 atom stereocenters. The number of nitrogens with one attached hydrogen (secondary N) is 3. The third-order valence-corrected chi connectivity index (χ3v) is 4.97. The molecule has 148 valence electrons. The number of hydrogen-bond donors (Lipinski definition) is 3. The lowest BCUT2D eigenvalue weighted by molar-refractivity contribution is 0.647. The summed E-state index contributed by atoms with van der Waals surface area (Å²) in [5.41, 5.74) is 3.39. The summed E-state index contributed by atoms with van der Waals surface area (Å²) in [6.45, 7) is 2.85. The fourth-order valence-electron chi connectivity index (χ4n) is 3.56. The minimum Gasteiger partial charge on any atom is -0.369 e. The van der Waals surface area contributed by atoms with Crippen molar-refractivity contribution in [3.05, 3.63) is 60.4 Å². The lowest BCUT2D eigenvalue weighted by atomic mass is 10.2. The number of rotatable bonds is 5. The molecule has 2 heterocycles. The van der Waals surface area contributed by atoms with Crippen molar-refractivity contribution in [3.8, 4) is 0 Å². The molecule has 1 fully saturated rings. The number of hydrogen-bond acceptors (Lipinski definition) is 3. The third-order valence-electron chi connectivity index (χ3n) is 4.97. The largest absolute Gasteiger partial charge is 0.369 e. The first-order valence-corrected chi connectivity index (χ1v) is 9.52. The zero-order chi connectivity index (χ0) is 18.5. The van der Waals surface area contributed by atoms with Crippen LogP contribution < -0.4 is 15.5 Å². The molecule has 6 nitrogen and oxygen atoms in total. The average molecular weight is 490 g/mol. The standard InChI is InChI=1S/C21H26N6.HI/c1-22-21(23-13-11-20-25-18-9-5-6-10-19(18)26-20)24-16-12-14-27(15-16)17-7-3-2-4-8-17;/h2-10,16H,11-15H2,1H3,(H,25,26)(H2,22,23,24);1H. The SMILES string of the molecule is CN=C(NCCc1nc2ccccc2[nH]1)NC1CCN(c2ccccc2)C1.I. The van der Waals surface area contributed by atoms with Crippen molar-refractivity contribution in [2.24, 2.45) is 4.99 Å². The van der Waals surface area contributed by atoms with Gasteiger partial charge in [0.2, 0.25) is 0 Å². The monoisotopic (exact) mass is 490 g/mol. The van der Waals surface area contributed by atoms with Gasteiger partial charge in [0.05, 0.1) is 11.0 Å². The Balaban J connectivity index is 0.00000225. The zero-order valence-corrected chi connectivity index (χ0v) is 18.4. The van der Waals surface area contributed by atoms with E-state index in [4.69, 9.17) is 0 Å². The van der Waals surface area contributed by atoms with Crippen LogP contribution in [-0.2, 0) is 6.42 Å². The topological polar surface area (TPSA) is 68.3 Å². The Hall–Kier alpha value is -2.29. The molecule has 4 rings (SSSR count). The molecule has 0 spiro atoms. The number of aromatic amines is 1. The molecular weight excluding hydrogens is 463 g/mol. The highest BCUT2D eigenvalue weighted by Crippen LogP contribution is 2.19. The second-order valence-corrected chi connectivity index (χ2v) is 6.86. The van der Waals surface area contributed by atoms with Crippen molar-refractivity contribution in [3.63, 3.8) is 0 Å². The van der Waals surface area contributed by atoms with Gasteiger partial charge in [-0.2, -0.15) is 0 Å². The Morgan fingerprint density at radius 2 is 1.96 bits per heavy atom. The minimum absolute atomic E-state index is 0. The van der Waals surface area contributed by atoms with Crippen LogP contribution in [0.2, 0.25) is 0 Å². The Morgan fingerprint density at radius 1 is 1.18 bits per heavy atom. The highest BCUT2D eigenvalue weighted by atomic mass is 127. The molecule has 0 radical (unpaired) electrons. The first kappa shape index (κ1) is 20.4. The summed E-state index contributed by atoms with van der Waals surface area (Å²) in [7, 11) is 1.82. The van der Waals surface area contributed by atoms with Gasteiger partial charge in [-0.3, -0.25) is 4.99 Å². The number of benzene rings is 2. The van der Waals surface area contributed by atoms with Gasteiger partial charge in [0.15, 0.2) is 5.96 Å². The van der Waals surface area contributed by atoms with Crippen LogP contribution >= 0.6 is 24.0 Å². The van der Waals surface area contributed by atoms with E-state index < -0.39 is 0 Å². The minimum atomic E-state index is 0. The maximum absolute atomic E-state index is 4.62. The van der Waals surface area contributed by atoms with Gasteiger partial charge in [0.25, 0.3) is 0 Å². The number of para-hydroxylation sites is 3. The summed E-state index contributed by atoms with van der Waals surface area (Å²) in [6, 6.07) is 19.1. The Labute approximate surface area is 182 Å². The van der Waals surface area contributed by atoms with Crippen molar-refractivity contribution in [2.45, 2.75) is 18.9 Å². The molecule has 28 heavy (non-hydrogen) atoms. The van der Waals surface area contributed by atoms with Gasteiger partial charge in [0.1, 0.15) is 5.82 Å². The van der Waals surface area contributed by atoms with Crippen molar-refractivity contribution < 1.29 is 0 Å². The number of aliphatic imine (C=N–C) groups is 1. The number of halogens is 1. The number of imidazole rings is 1. The highest BCUT2D eigenvalue weighted by Gasteiger charge is 2.23. The maximum Gasteiger partial charge on any atom is 0.191 e. The van der Waals surface area contributed by atoms with E-state index in [1.165, 1.54) is 5.69 Å². The van der Waals surface area contributed by atoms with Gasteiger partial charge in [-0.1, -0.05) is 30.3 Å². The summed E-state index contributed by atoms with van der Waals surface area (Å²) in [6.07, 6.45) is 1.94. The Kier molecular flexibility index (Phi) is 7.13. The van der Waals surface area contributed by atoms with Crippen molar-refractivity contribution in [1.29, 1.82) is 0 Å². The second kappa shape index (κ2) is 9.77. The number of H-pyrrole nitrogens is 1. The molecule has 0 amide bonds. The number of nitrogens with zero attached hydrogens (tertiary/aromatic N) is 3. The predicted molar refractivity (Wildman–Crippen MR) is 127 cm³/mol. The van der Waals surface area contributed by atoms with Crippen LogP contribution in [0.1, 0.15) is 12.2 Å². The Morgan fingerprint density at radius 3 is 2.75 bits per heavy atom. The van der Waals surface area contributed by atoms with Gasteiger partial charge < -0.3 is 20.5 Å². The van der Waals surface area contributed by atoms with Crippen LogP contribution in [-0.4, -0.2) is 48.7 Å². The van der Waals surface area contributed by atoms with Crippen molar-refractivity contribution in [1.82, 2.24) is 20.6 Å². The molecule has 0 saturated carbocycles. The molecule has 3 N–H and O–H groups in total. The smallest absolute Gasteiger partial charge is 0.191 e. The fraction of sp³-hybridized carbons (Fsp3) is 0.333. The fourth-order valence-corrected chi connectivity index (χ4v) is 3.56. The van der Waals surface area contributed by atoms with E-state index in [0.717, 1.165) is 55.3 Å². The molecule has 1 aliphatic heterocycles. The van der Waals surface area contributed by atoms with Crippen molar-refractivity contribution in [2.75, 3.05) is 31.6 Å². The van der Waals surface area contributed by atoms with E-state index in [-0.39, 0.29) is 24.0 Å². The Bertz CT molecular complexity index is 874. The second-order valence-electron chi connectivity index (χ2n) is 6.86. The quantitative estimate of drug-likeness (QED) is 0.292. The molecule has 1 aromatic heterocycles. The summed E-state index contributed by atoms with van der Waals surface area (Å²) < 4.78 is 0. The lowest BCUT2D eigenvalue weighted by Crippen LogP contribution is -2.45. The average Bonchev–Trinajstić information content (AvgIpc) is 3.34. The molecule has 3 aromatic rings. The first-order valence-electron chi connectivity index (χ1n) is 9.52. The molecule has 1 aliphatic rings. The molecule has 7 heteroatoms. The van der Waals surface area contributed by atoms with Crippen molar-refractivity contribution >= 4 is 46.7 Å². The van der Waals surface area contributed by atoms with Gasteiger partial charge in [-0.25, -0.2) is 4.98 Å². The van der Waals surface area contributed by atoms with E-state index in [1.54, 1.807) is 0 Å². The van der Waals surface area contributed by atoms with E-state index >= 15 is 0 Å². The number of guanidine groups is 1. The van der Waals surface area contributed by atoms with Crippen LogP contribution in [0.4, 0.5) is 5.69 Å². The van der Waals surface area contributed by atoms with Crippen LogP contribution in [0.25, 0.3) is 11.0 Å². The number of fused-ring (bicyclic) bond motifs is 1. The molecule has 1 unspecified atom stereocenters. The molecular formula is C21H27IN6. The maximum atomic E-state index is 4.62. The van der Waals surface area contributed by atoms with Gasteiger partial charge >= 0.3 is 0 Å². The molecule has 2 aromatic carbocycles. The zero-order valence-electron chi connectivity index (χ0n) is 16.1. The van der Waals surface area contributed by atoms with Crippen LogP contribution in [0, 0.1) is 0 Å². The summed E-state index contributed by atoms with van der Waals surface area (Å²) in [4.78, 5) is 14.8. The van der Waals surface area contributed by atoms with Crippen LogP contribution in [0.3, 0.4) is 0 Å². The summed E-state index contributed by atoms with van der Waals surface area (Å²) >= 11 is 0. The highest BCUT2D eigenvalue weighted by molar-refractivity contribution is 14.0. The predicted octanol–water partition coefficient (Wildman–Crippen LogP) is 3.17. The summed E-state index contributed by atoms with van der Waals surface area (Å²) in [5, 5.41) is 6.95. The van der Waals surface area contributed by atoms with E-state index in [0.29, 0.717) is 6.04 Å².